The second-order valence-corrected chi connectivity index (χ2v) is 7.05. The number of nitrogens with zero attached hydrogens (tertiary/aromatic N) is 2. The van der Waals surface area contributed by atoms with Crippen LogP contribution in [0.1, 0.15) is 29.2 Å². The van der Waals surface area contributed by atoms with Gasteiger partial charge in [-0.3, -0.25) is 4.68 Å². The smallest absolute Gasteiger partial charge is 0.132 e. The molecule has 4 aromatic rings. The second-order valence-electron chi connectivity index (χ2n) is 7.05. The molecule has 1 aromatic heterocycles. The zero-order chi connectivity index (χ0) is 20.1. The minimum absolute atomic E-state index is 0.562. The maximum atomic E-state index is 4.50. The van der Waals surface area contributed by atoms with Crippen LogP contribution in [0, 0.1) is 0 Å². The highest BCUT2D eigenvalue weighted by molar-refractivity contribution is 5.67. The van der Waals surface area contributed by atoms with E-state index in [0.717, 1.165) is 11.4 Å². The van der Waals surface area contributed by atoms with Gasteiger partial charge in [0, 0.05) is 12.6 Å². The van der Waals surface area contributed by atoms with Crippen LogP contribution in [0.2, 0.25) is 0 Å². The van der Waals surface area contributed by atoms with Crippen LogP contribution in [-0.4, -0.2) is 9.78 Å². The summed E-state index contributed by atoms with van der Waals surface area (Å²) in [6.07, 6.45) is 6.02. The number of hydrogen-bond donors (Lipinski definition) is 1. The Balaban J connectivity index is 2.02. The van der Waals surface area contributed by atoms with E-state index in [-0.39, 0.29) is 0 Å². The third kappa shape index (κ3) is 3.47. The lowest BCUT2D eigenvalue weighted by Gasteiger charge is -2.38. The minimum Gasteiger partial charge on any atom is -0.352 e. The maximum Gasteiger partial charge on any atom is 0.132 e. The fraction of sp³-hybridized carbons (Fsp3) is 0.115. The summed E-state index contributed by atoms with van der Waals surface area (Å²) in [5, 5.41) is 8.40. The molecule has 0 unspecified atom stereocenters. The predicted molar refractivity (Wildman–Crippen MR) is 121 cm³/mol. The SMILES string of the molecule is CC=Cc1cnn(C)c1NC(c1ccccc1)(c1ccccc1)c1ccccc1. The van der Waals surface area contributed by atoms with Crippen LogP contribution in [0.4, 0.5) is 5.82 Å². The van der Waals surface area contributed by atoms with E-state index in [1.54, 1.807) is 0 Å². The Morgan fingerprint density at radius 2 is 1.21 bits per heavy atom. The van der Waals surface area contributed by atoms with Crippen molar-refractivity contribution in [2.24, 2.45) is 7.05 Å². The van der Waals surface area contributed by atoms with Gasteiger partial charge in [-0.25, -0.2) is 0 Å². The third-order valence-electron chi connectivity index (χ3n) is 5.24. The van der Waals surface area contributed by atoms with Crippen molar-refractivity contribution in [3.8, 4) is 0 Å². The maximum absolute atomic E-state index is 4.50. The molecular formula is C26H25N3. The standard InChI is InChI=1S/C26H25N3/c1-3-13-21-20-27-29(2)25(21)28-26(22-14-7-4-8-15-22,23-16-9-5-10-17-23)24-18-11-6-12-19-24/h3-20,28H,1-2H3. The van der Waals surface area contributed by atoms with Crippen LogP contribution in [0.15, 0.2) is 103 Å². The molecule has 0 aliphatic rings. The molecule has 0 amide bonds. The molecule has 0 bridgehead atoms. The van der Waals surface area contributed by atoms with E-state index in [1.807, 2.05) is 30.9 Å². The van der Waals surface area contributed by atoms with E-state index < -0.39 is 5.54 Å². The van der Waals surface area contributed by atoms with Crippen molar-refractivity contribution in [1.82, 2.24) is 9.78 Å². The topological polar surface area (TPSA) is 29.9 Å². The molecule has 29 heavy (non-hydrogen) atoms. The number of benzene rings is 3. The van der Waals surface area contributed by atoms with E-state index >= 15 is 0 Å². The minimum atomic E-state index is -0.562. The molecule has 0 saturated heterocycles. The van der Waals surface area contributed by atoms with Crippen molar-refractivity contribution in [3.05, 3.63) is 126 Å². The summed E-state index contributed by atoms with van der Waals surface area (Å²) >= 11 is 0. The highest BCUT2D eigenvalue weighted by Crippen LogP contribution is 2.40. The first kappa shape index (κ1) is 18.8. The van der Waals surface area contributed by atoms with Crippen LogP contribution in [0.3, 0.4) is 0 Å². The average molecular weight is 380 g/mol. The van der Waals surface area contributed by atoms with Gasteiger partial charge in [0.1, 0.15) is 11.4 Å². The lowest BCUT2D eigenvalue weighted by atomic mass is 9.77. The summed E-state index contributed by atoms with van der Waals surface area (Å²) in [5.74, 6) is 0.972. The Morgan fingerprint density at radius 1 is 0.759 bits per heavy atom. The number of aromatic nitrogens is 2. The van der Waals surface area contributed by atoms with Crippen molar-refractivity contribution in [2.75, 3.05) is 5.32 Å². The largest absolute Gasteiger partial charge is 0.352 e. The predicted octanol–water partition coefficient (Wildman–Crippen LogP) is 5.86. The normalized spacial score (nSPS) is 11.7. The van der Waals surface area contributed by atoms with E-state index in [1.165, 1.54) is 16.7 Å². The Morgan fingerprint density at radius 3 is 1.62 bits per heavy atom. The molecule has 144 valence electrons. The van der Waals surface area contributed by atoms with Crippen LogP contribution >= 0.6 is 0 Å². The molecule has 1 N–H and O–H groups in total. The number of anilines is 1. The zero-order valence-corrected chi connectivity index (χ0v) is 16.8. The van der Waals surface area contributed by atoms with Crippen LogP contribution in [-0.2, 0) is 12.6 Å². The van der Waals surface area contributed by atoms with Crippen molar-refractivity contribution >= 4 is 11.9 Å². The van der Waals surface area contributed by atoms with Crippen molar-refractivity contribution in [3.63, 3.8) is 0 Å². The number of rotatable bonds is 6. The zero-order valence-electron chi connectivity index (χ0n) is 16.8. The second kappa shape index (κ2) is 8.19. The van der Waals surface area contributed by atoms with Gasteiger partial charge in [0.05, 0.1) is 6.20 Å². The highest BCUT2D eigenvalue weighted by Gasteiger charge is 2.37. The molecule has 3 nitrogen and oxygen atoms in total. The molecule has 0 fully saturated rings. The van der Waals surface area contributed by atoms with Crippen molar-refractivity contribution in [2.45, 2.75) is 12.5 Å². The molecule has 0 radical (unpaired) electrons. The summed E-state index contributed by atoms with van der Waals surface area (Å²) in [6.45, 7) is 2.02. The lowest BCUT2D eigenvalue weighted by Crippen LogP contribution is -2.39. The van der Waals surface area contributed by atoms with Crippen molar-refractivity contribution < 1.29 is 0 Å². The third-order valence-corrected chi connectivity index (χ3v) is 5.24. The Kier molecular flexibility index (Phi) is 5.30. The van der Waals surface area contributed by atoms with Crippen molar-refractivity contribution in [1.29, 1.82) is 0 Å². The molecule has 0 saturated carbocycles. The lowest BCUT2D eigenvalue weighted by molar-refractivity contribution is 0.679. The summed E-state index contributed by atoms with van der Waals surface area (Å²) in [4.78, 5) is 0. The van der Waals surface area contributed by atoms with Gasteiger partial charge < -0.3 is 5.32 Å². The first-order valence-electron chi connectivity index (χ1n) is 9.85. The molecule has 3 heteroatoms. The quantitative estimate of drug-likeness (QED) is 0.425. The molecule has 0 atom stereocenters. The fourth-order valence-electron chi connectivity index (χ4n) is 3.87. The van der Waals surface area contributed by atoms with E-state index in [4.69, 9.17) is 0 Å². The van der Waals surface area contributed by atoms with Gasteiger partial charge in [-0.15, -0.1) is 0 Å². The van der Waals surface area contributed by atoms with Crippen LogP contribution in [0.5, 0.6) is 0 Å². The Labute approximate surface area is 172 Å². The molecule has 1 heterocycles. The number of nitrogens with one attached hydrogen (secondary N) is 1. The van der Waals surface area contributed by atoms with Gasteiger partial charge in [-0.05, 0) is 23.6 Å². The summed E-state index contributed by atoms with van der Waals surface area (Å²) < 4.78 is 1.90. The van der Waals surface area contributed by atoms with Crippen LogP contribution < -0.4 is 5.32 Å². The number of aryl methyl sites for hydroxylation is 1. The van der Waals surface area contributed by atoms with Gasteiger partial charge in [0.2, 0.25) is 0 Å². The van der Waals surface area contributed by atoms with Gasteiger partial charge >= 0.3 is 0 Å². The summed E-state index contributed by atoms with van der Waals surface area (Å²) in [7, 11) is 1.97. The first-order chi connectivity index (χ1) is 14.3. The van der Waals surface area contributed by atoms with Gasteiger partial charge in [-0.1, -0.05) is 103 Å². The van der Waals surface area contributed by atoms with Gasteiger partial charge in [0.15, 0.2) is 0 Å². The summed E-state index contributed by atoms with van der Waals surface area (Å²) in [6, 6.07) is 31.8. The van der Waals surface area contributed by atoms with Crippen LogP contribution in [0.25, 0.3) is 6.08 Å². The number of allylic oxidation sites excluding steroid dienone is 1. The molecule has 3 aromatic carbocycles. The monoisotopic (exact) mass is 379 g/mol. The molecular weight excluding hydrogens is 354 g/mol. The number of hydrogen-bond acceptors (Lipinski definition) is 2. The van der Waals surface area contributed by atoms with E-state index in [2.05, 4.69) is 107 Å². The van der Waals surface area contributed by atoms with Gasteiger partial charge in [-0.2, -0.15) is 5.10 Å². The molecule has 4 rings (SSSR count). The Bertz CT molecular complexity index is 984. The van der Waals surface area contributed by atoms with E-state index in [9.17, 15) is 0 Å². The average Bonchev–Trinajstić information content (AvgIpc) is 3.13. The Hall–Kier alpha value is -3.59. The van der Waals surface area contributed by atoms with E-state index in [0.29, 0.717) is 0 Å². The highest BCUT2D eigenvalue weighted by atomic mass is 15.3. The molecule has 0 aliphatic carbocycles. The first-order valence-corrected chi connectivity index (χ1v) is 9.85. The fourth-order valence-corrected chi connectivity index (χ4v) is 3.87. The van der Waals surface area contributed by atoms with Gasteiger partial charge in [0.25, 0.3) is 0 Å². The molecule has 0 aliphatic heterocycles. The molecule has 0 spiro atoms. The summed E-state index contributed by atoms with van der Waals surface area (Å²) in [5.41, 5.74) is 4.01.